The van der Waals surface area contributed by atoms with Gasteiger partial charge in [-0.2, -0.15) is 0 Å². The molecule has 0 aliphatic heterocycles. The van der Waals surface area contributed by atoms with E-state index in [1.165, 1.54) is 20.3 Å². The predicted octanol–water partition coefficient (Wildman–Crippen LogP) is 2.27. The van der Waals surface area contributed by atoms with Crippen molar-refractivity contribution < 1.29 is 31.2 Å². The number of ether oxygens (including phenoxy) is 2. The molecule has 0 N–H and O–H groups in total. The molecular formula is C15H15ClN2O8S2. The largest absolute Gasteiger partial charge is 0.493 e. The fourth-order valence-corrected chi connectivity index (χ4v) is 5.52. The smallest absolute Gasteiger partial charge is 0.289 e. The third-order valence-electron chi connectivity index (χ3n) is 3.74. The van der Waals surface area contributed by atoms with E-state index in [0.717, 1.165) is 31.3 Å². The van der Waals surface area contributed by atoms with Crippen LogP contribution < -0.4 is 9.47 Å². The summed E-state index contributed by atoms with van der Waals surface area (Å²) < 4.78 is 61.2. The van der Waals surface area contributed by atoms with Gasteiger partial charge in [-0.15, -0.1) is 0 Å². The number of hydrogen-bond donors (Lipinski definition) is 0. The first-order valence-electron chi connectivity index (χ1n) is 7.37. The van der Waals surface area contributed by atoms with Gasteiger partial charge < -0.3 is 9.47 Å². The molecule has 0 spiro atoms. The zero-order chi connectivity index (χ0) is 21.3. The number of nitrogens with zero attached hydrogens (tertiary/aromatic N) is 2. The molecule has 2 aromatic rings. The lowest BCUT2D eigenvalue weighted by atomic mass is 10.3. The van der Waals surface area contributed by atoms with Crippen molar-refractivity contribution in [1.82, 2.24) is 3.71 Å². The minimum absolute atomic E-state index is 0.0801. The number of hydrogen-bond acceptors (Lipinski definition) is 8. The Morgan fingerprint density at radius 1 is 0.929 bits per heavy atom. The van der Waals surface area contributed by atoms with E-state index in [2.05, 4.69) is 0 Å². The van der Waals surface area contributed by atoms with Crippen LogP contribution in [0.1, 0.15) is 0 Å². The van der Waals surface area contributed by atoms with Crippen molar-refractivity contribution in [2.24, 2.45) is 0 Å². The fraction of sp³-hybridized carbons (Fsp3) is 0.200. The number of nitro benzene ring substituents is 1. The molecule has 152 valence electrons. The third-order valence-corrected chi connectivity index (χ3v) is 8.29. The molecule has 28 heavy (non-hydrogen) atoms. The van der Waals surface area contributed by atoms with Crippen LogP contribution in [0.5, 0.6) is 11.5 Å². The molecule has 13 heteroatoms. The summed E-state index contributed by atoms with van der Waals surface area (Å²) >= 11 is 5.67. The van der Waals surface area contributed by atoms with Gasteiger partial charge in [-0.05, 0) is 24.3 Å². The topological polar surface area (TPSA) is 133 Å². The van der Waals surface area contributed by atoms with Crippen LogP contribution in [-0.2, 0) is 20.0 Å². The quantitative estimate of drug-likeness (QED) is 0.463. The Kier molecular flexibility index (Phi) is 6.18. The van der Waals surface area contributed by atoms with Gasteiger partial charge in [0, 0.05) is 19.2 Å². The van der Waals surface area contributed by atoms with Gasteiger partial charge in [0.05, 0.1) is 28.9 Å². The summed E-state index contributed by atoms with van der Waals surface area (Å²) in [6.07, 6.45) is 0. The lowest BCUT2D eigenvalue weighted by Gasteiger charge is -2.18. The first-order valence-corrected chi connectivity index (χ1v) is 10.6. The molecule has 0 aliphatic carbocycles. The molecule has 2 rings (SSSR count). The molecule has 0 aliphatic rings. The average Bonchev–Trinajstić information content (AvgIpc) is 2.66. The maximum atomic E-state index is 12.8. The average molecular weight is 451 g/mol. The maximum Gasteiger partial charge on any atom is 0.289 e. The Hall–Kier alpha value is -2.41. The molecular weight excluding hydrogens is 436 g/mol. The molecule has 0 atom stereocenters. The van der Waals surface area contributed by atoms with Crippen LogP contribution in [0.2, 0.25) is 5.02 Å². The second kappa shape index (κ2) is 7.91. The lowest BCUT2D eigenvalue weighted by molar-refractivity contribution is -0.384. The Morgan fingerprint density at radius 3 is 1.93 bits per heavy atom. The number of nitro groups is 1. The predicted molar refractivity (Wildman–Crippen MR) is 99.8 cm³/mol. The molecule has 0 heterocycles. The maximum absolute atomic E-state index is 12.8. The van der Waals surface area contributed by atoms with Crippen LogP contribution in [0.25, 0.3) is 0 Å². The van der Waals surface area contributed by atoms with E-state index in [9.17, 15) is 26.9 Å². The molecule has 0 aromatic heterocycles. The highest BCUT2D eigenvalue weighted by atomic mass is 35.5. The molecule has 2 aromatic carbocycles. The third kappa shape index (κ3) is 3.90. The highest BCUT2D eigenvalue weighted by Gasteiger charge is 2.34. The van der Waals surface area contributed by atoms with Gasteiger partial charge in [-0.1, -0.05) is 15.3 Å². The zero-order valence-electron chi connectivity index (χ0n) is 14.8. The van der Waals surface area contributed by atoms with Crippen LogP contribution >= 0.6 is 11.6 Å². The molecule has 10 nitrogen and oxygen atoms in total. The molecule has 0 saturated heterocycles. The van der Waals surface area contributed by atoms with Crippen molar-refractivity contribution in [1.29, 1.82) is 0 Å². The molecule has 0 saturated carbocycles. The summed E-state index contributed by atoms with van der Waals surface area (Å²) in [7, 11) is -5.71. The van der Waals surface area contributed by atoms with E-state index < -0.39 is 35.6 Å². The van der Waals surface area contributed by atoms with E-state index in [4.69, 9.17) is 21.1 Å². The van der Waals surface area contributed by atoms with Gasteiger partial charge in [0.15, 0.2) is 11.5 Å². The summed E-state index contributed by atoms with van der Waals surface area (Å²) in [6.45, 7) is 0. The minimum Gasteiger partial charge on any atom is -0.493 e. The van der Waals surface area contributed by atoms with Crippen molar-refractivity contribution in [2.45, 2.75) is 9.79 Å². The Labute approximate surface area is 166 Å². The van der Waals surface area contributed by atoms with E-state index >= 15 is 0 Å². The Bertz CT molecular complexity index is 1130. The van der Waals surface area contributed by atoms with Gasteiger partial charge in [0.1, 0.15) is 5.02 Å². The van der Waals surface area contributed by atoms with Crippen LogP contribution in [0, 0.1) is 10.1 Å². The summed E-state index contributed by atoms with van der Waals surface area (Å²) in [5.74, 6) is 0.330. The van der Waals surface area contributed by atoms with Gasteiger partial charge in [-0.25, -0.2) is 16.8 Å². The number of halogens is 1. The normalized spacial score (nSPS) is 12.0. The number of methoxy groups -OCH3 is 2. The SMILES string of the molecule is COc1ccc(S(=O)(=O)N(C)S(=O)(=O)c2ccc(Cl)c([N+](=O)[O-])c2)cc1OC. The lowest BCUT2D eigenvalue weighted by Crippen LogP contribution is -2.33. The van der Waals surface area contributed by atoms with Crippen LogP contribution in [0.4, 0.5) is 5.69 Å². The van der Waals surface area contributed by atoms with Gasteiger partial charge in [0.2, 0.25) is 0 Å². The van der Waals surface area contributed by atoms with Crippen molar-refractivity contribution in [3.05, 3.63) is 51.5 Å². The van der Waals surface area contributed by atoms with Crippen LogP contribution in [0.15, 0.2) is 46.2 Å². The summed E-state index contributed by atoms with van der Waals surface area (Å²) in [4.78, 5) is 9.14. The van der Waals surface area contributed by atoms with Crippen molar-refractivity contribution in [2.75, 3.05) is 21.3 Å². The number of sulfonamides is 2. The highest BCUT2D eigenvalue weighted by molar-refractivity contribution is 8.04. The first-order chi connectivity index (χ1) is 13.0. The molecule has 0 unspecified atom stereocenters. The van der Waals surface area contributed by atoms with E-state index in [0.29, 0.717) is 6.07 Å². The minimum atomic E-state index is -4.64. The standard InChI is InChI=1S/C15H15ClN2O8S2/c1-17(27(21,22)10-4-6-12(16)13(8-10)18(19)20)28(23,24)11-5-7-14(25-2)15(9-11)26-3/h4-9H,1-3H3. The van der Waals surface area contributed by atoms with Gasteiger partial charge in [-0.3, -0.25) is 10.1 Å². The summed E-state index contributed by atoms with van der Waals surface area (Å²) in [6, 6.07) is 6.23. The monoisotopic (exact) mass is 450 g/mol. The highest BCUT2D eigenvalue weighted by Crippen LogP contribution is 2.33. The van der Waals surface area contributed by atoms with Crippen LogP contribution in [-0.4, -0.2) is 46.7 Å². The van der Waals surface area contributed by atoms with Crippen molar-refractivity contribution in [3.63, 3.8) is 0 Å². The molecule has 0 bridgehead atoms. The summed E-state index contributed by atoms with van der Waals surface area (Å²) in [5.41, 5.74) is -0.667. The van der Waals surface area contributed by atoms with Crippen LogP contribution in [0.3, 0.4) is 0 Å². The first kappa shape index (κ1) is 21.9. The molecule has 0 fully saturated rings. The second-order valence-corrected chi connectivity index (χ2v) is 9.85. The Morgan fingerprint density at radius 2 is 1.43 bits per heavy atom. The van der Waals surface area contributed by atoms with Crippen molar-refractivity contribution >= 4 is 37.3 Å². The van der Waals surface area contributed by atoms with E-state index in [-0.39, 0.29) is 25.1 Å². The van der Waals surface area contributed by atoms with E-state index in [1.54, 1.807) is 0 Å². The second-order valence-electron chi connectivity index (χ2n) is 5.28. The van der Waals surface area contributed by atoms with Gasteiger partial charge in [0.25, 0.3) is 25.7 Å². The van der Waals surface area contributed by atoms with Crippen molar-refractivity contribution in [3.8, 4) is 11.5 Å². The van der Waals surface area contributed by atoms with Gasteiger partial charge >= 0.3 is 0 Å². The molecule has 0 radical (unpaired) electrons. The fourth-order valence-electron chi connectivity index (χ4n) is 2.20. The van der Waals surface area contributed by atoms with E-state index in [1.807, 2.05) is 0 Å². The molecule has 0 amide bonds. The number of benzene rings is 2. The zero-order valence-corrected chi connectivity index (χ0v) is 17.2. The Balaban J connectivity index is 2.56. The summed E-state index contributed by atoms with van der Waals surface area (Å²) in [5, 5.41) is 10.7. The number of rotatable bonds is 7.